The third-order valence-electron chi connectivity index (χ3n) is 2.17. The molecule has 0 N–H and O–H groups in total. The van der Waals surface area contributed by atoms with Gasteiger partial charge >= 0.3 is 0 Å². The van der Waals surface area contributed by atoms with Gasteiger partial charge in [0.2, 0.25) is 0 Å². The van der Waals surface area contributed by atoms with Crippen LogP contribution >= 0.6 is 23.2 Å². The minimum Gasteiger partial charge on any atom is -0.0985 e. The molecular formula is C16H14Cl2. The van der Waals surface area contributed by atoms with Crippen molar-refractivity contribution in [1.29, 1.82) is 0 Å². The number of rotatable bonds is 2. The van der Waals surface area contributed by atoms with Crippen molar-refractivity contribution in [3.8, 4) is 0 Å². The Hall–Kier alpha value is -1.50. The highest BCUT2D eigenvalue weighted by Gasteiger charge is 1.85. The SMILES string of the molecule is C=Cc1cccc(Cl)c1.C=Cc1cccc(Cl)c1. The average Bonchev–Trinajstić information content (AvgIpc) is 2.39. The van der Waals surface area contributed by atoms with Gasteiger partial charge in [0.05, 0.1) is 0 Å². The van der Waals surface area contributed by atoms with Crippen molar-refractivity contribution in [2.24, 2.45) is 0 Å². The Balaban J connectivity index is 0.000000180. The smallest absolute Gasteiger partial charge is 0.0411 e. The van der Waals surface area contributed by atoms with E-state index in [-0.39, 0.29) is 0 Å². The predicted molar refractivity (Wildman–Crippen MR) is 83.1 cm³/mol. The fraction of sp³-hybridized carbons (Fsp3) is 0. The van der Waals surface area contributed by atoms with Crippen LogP contribution in [0.2, 0.25) is 10.0 Å². The summed E-state index contributed by atoms with van der Waals surface area (Å²) in [5.74, 6) is 0. The highest BCUT2D eigenvalue weighted by molar-refractivity contribution is 6.31. The van der Waals surface area contributed by atoms with E-state index in [1.54, 1.807) is 12.2 Å². The van der Waals surface area contributed by atoms with E-state index in [1.807, 2.05) is 48.5 Å². The lowest BCUT2D eigenvalue weighted by molar-refractivity contribution is 1.66. The normalized spacial score (nSPS) is 9.00. The maximum Gasteiger partial charge on any atom is 0.0411 e. The molecule has 0 spiro atoms. The second-order valence-corrected chi connectivity index (χ2v) is 4.39. The molecular weight excluding hydrogens is 263 g/mol. The van der Waals surface area contributed by atoms with Crippen LogP contribution in [0.4, 0.5) is 0 Å². The van der Waals surface area contributed by atoms with Gasteiger partial charge in [-0.1, -0.05) is 72.8 Å². The molecule has 0 amide bonds. The molecule has 0 saturated carbocycles. The first kappa shape index (κ1) is 14.6. The standard InChI is InChI=1S/2C8H7Cl/c2*1-2-7-4-3-5-8(9)6-7/h2*2-6H,1H2. The summed E-state index contributed by atoms with van der Waals surface area (Å²) < 4.78 is 0. The van der Waals surface area contributed by atoms with Gasteiger partial charge in [-0.05, 0) is 35.4 Å². The van der Waals surface area contributed by atoms with Crippen LogP contribution in [0.5, 0.6) is 0 Å². The summed E-state index contributed by atoms with van der Waals surface area (Å²) in [7, 11) is 0. The molecule has 2 rings (SSSR count). The van der Waals surface area contributed by atoms with Crippen molar-refractivity contribution in [1.82, 2.24) is 0 Å². The highest BCUT2D eigenvalue weighted by atomic mass is 35.5. The first-order valence-electron chi connectivity index (χ1n) is 5.41. The summed E-state index contributed by atoms with van der Waals surface area (Å²) in [5, 5.41) is 1.51. The van der Waals surface area contributed by atoms with Gasteiger partial charge in [-0.25, -0.2) is 0 Å². The minimum absolute atomic E-state index is 0.757. The maximum atomic E-state index is 5.68. The number of hydrogen-bond donors (Lipinski definition) is 0. The highest BCUT2D eigenvalue weighted by Crippen LogP contribution is 2.11. The van der Waals surface area contributed by atoms with E-state index in [2.05, 4.69) is 13.2 Å². The maximum absolute atomic E-state index is 5.68. The first-order valence-corrected chi connectivity index (χ1v) is 6.17. The summed E-state index contributed by atoms with van der Waals surface area (Å²) in [6.07, 6.45) is 3.54. The molecule has 18 heavy (non-hydrogen) atoms. The van der Waals surface area contributed by atoms with Crippen LogP contribution in [0, 0.1) is 0 Å². The molecule has 2 aromatic rings. The van der Waals surface area contributed by atoms with Crippen LogP contribution in [0.1, 0.15) is 11.1 Å². The van der Waals surface area contributed by atoms with E-state index in [9.17, 15) is 0 Å². The minimum atomic E-state index is 0.757. The fourth-order valence-corrected chi connectivity index (χ4v) is 1.66. The van der Waals surface area contributed by atoms with Gasteiger partial charge in [0.15, 0.2) is 0 Å². The molecule has 0 atom stereocenters. The Morgan fingerprint density at radius 2 is 1.11 bits per heavy atom. The van der Waals surface area contributed by atoms with E-state index < -0.39 is 0 Å². The van der Waals surface area contributed by atoms with Crippen molar-refractivity contribution < 1.29 is 0 Å². The van der Waals surface area contributed by atoms with Crippen LogP contribution in [-0.4, -0.2) is 0 Å². The molecule has 92 valence electrons. The molecule has 2 aromatic carbocycles. The van der Waals surface area contributed by atoms with Crippen LogP contribution < -0.4 is 0 Å². The molecule has 0 aromatic heterocycles. The van der Waals surface area contributed by atoms with Crippen molar-refractivity contribution in [3.63, 3.8) is 0 Å². The van der Waals surface area contributed by atoms with Crippen molar-refractivity contribution >= 4 is 35.4 Å². The van der Waals surface area contributed by atoms with Crippen LogP contribution in [-0.2, 0) is 0 Å². The van der Waals surface area contributed by atoms with E-state index in [0.717, 1.165) is 21.2 Å². The third-order valence-corrected chi connectivity index (χ3v) is 2.64. The molecule has 0 nitrogen and oxygen atoms in total. The molecule has 0 aliphatic carbocycles. The third kappa shape index (κ3) is 5.22. The summed E-state index contributed by atoms with van der Waals surface area (Å²) in [5.41, 5.74) is 2.12. The zero-order valence-corrected chi connectivity index (χ0v) is 11.5. The molecule has 0 radical (unpaired) electrons. The van der Waals surface area contributed by atoms with Crippen LogP contribution in [0.15, 0.2) is 61.7 Å². The van der Waals surface area contributed by atoms with Crippen LogP contribution in [0.25, 0.3) is 12.2 Å². The van der Waals surface area contributed by atoms with Gasteiger partial charge in [0.1, 0.15) is 0 Å². The number of hydrogen-bond acceptors (Lipinski definition) is 0. The van der Waals surface area contributed by atoms with E-state index in [0.29, 0.717) is 0 Å². The average molecular weight is 277 g/mol. The summed E-state index contributed by atoms with van der Waals surface area (Å²) in [4.78, 5) is 0. The van der Waals surface area contributed by atoms with Crippen molar-refractivity contribution in [2.75, 3.05) is 0 Å². The Morgan fingerprint density at radius 1 is 0.722 bits per heavy atom. The van der Waals surface area contributed by atoms with E-state index >= 15 is 0 Å². The molecule has 2 heteroatoms. The summed E-state index contributed by atoms with van der Waals surface area (Å²) in [6, 6.07) is 15.1. The second kappa shape index (κ2) is 7.75. The Labute approximate surface area is 118 Å². The topological polar surface area (TPSA) is 0 Å². The molecule has 0 aliphatic rings. The molecule has 0 unspecified atom stereocenters. The zero-order valence-electron chi connectivity index (χ0n) is 9.94. The molecule has 0 saturated heterocycles. The van der Waals surface area contributed by atoms with Gasteiger partial charge in [-0.2, -0.15) is 0 Å². The quantitative estimate of drug-likeness (QED) is 0.634. The van der Waals surface area contributed by atoms with Gasteiger partial charge in [0, 0.05) is 10.0 Å². The van der Waals surface area contributed by atoms with Crippen LogP contribution in [0.3, 0.4) is 0 Å². The number of benzene rings is 2. The summed E-state index contributed by atoms with van der Waals surface area (Å²) in [6.45, 7) is 7.23. The Morgan fingerprint density at radius 3 is 1.33 bits per heavy atom. The molecule has 0 bridgehead atoms. The van der Waals surface area contributed by atoms with E-state index in [4.69, 9.17) is 23.2 Å². The van der Waals surface area contributed by atoms with E-state index in [1.165, 1.54) is 0 Å². The lowest BCUT2D eigenvalue weighted by atomic mass is 10.2. The van der Waals surface area contributed by atoms with Gasteiger partial charge < -0.3 is 0 Å². The Bertz CT molecular complexity index is 481. The summed E-state index contributed by atoms with van der Waals surface area (Å²) >= 11 is 11.4. The van der Waals surface area contributed by atoms with Crippen molar-refractivity contribution in [2.45, 2.75) is 0 Å². The largest absolute Gasteiger partial charge is 0.0985 e. The lowest BCUT2D eigenvalue weighted by Gasteiger charge is -1.90. The monoisotopic (exact) mass is 276 g/mol. The van der Waals surface area contributed by atoms with Gasteiger partial charge in [0.25, 0.3) is 0 Å². The zero-order chi connectivity index (χ0) is 13.4. The fourth-order valence-electron chi connectivity index (χ4n) is 1.27. The van der Waals surface area contributed by atoms with Gasteiger partial charge in [-0.15, -0.1) is 0 Å². The van der Waals surface area contributed by atoms with Gasteiger partial charge in [-0.3, -0.25) is 0 Å². The number of halogens is 2. The second-order valence-electron chi connectivity index (χ2n) is 3.52. The first-order chi connectivity index (χ1) is 8.65. The molecule has 0 heterocycles. The predicted octanol–water partition coefficient (Wildman–Crippen LogP) is 5.97. The lowest BCUT2D eigenvalue weighted by Crippen LogP contribution is -1.67. The molecule has 0 aliphatic heterocycles. The van der Waals surface area contributed by atoms with Crippen molar-refractivity contribution in [3.05, 3.63) is 82.9 Å². The molecule has 0 fully saturated rings. The Kier molecular flexibility index (Phi) is 6.27.